The van der Waals surface area contributed by atoms with E-state index in [2.05, 4.69) is 4.99 Å². The van der Waals surface area contributed by atoms with Crippen molar-refractivity contribution in [2.24, 2.45) is 4.99 Å². The Kier molecular flexibility index (Phi) is 1.77. The average molecular weight is 221 g/mol. The molecule has 0 radical (unpaired) electrons. The van der Waals surface area contributed by atoms with Crippen LogP contribution in [0, 0.1) is 0 Å². The van der Waals surface area contributed by atoms with Crippen molar-refractivity contribution in [1.29, 1.82) is 0 Å². The topological polar surface area (TPSA) is 29.4 Å². The van der Waals surface area contributed by atoms with Gasteiger partial charge in [0.25, 0.3) is 0 Å². The number of aliphatic imine (C=N–C) groups is 1. The standard InChI is InChI=1S/C5H4INO/c6-5-4(8)2-1-3-7-5/h1-3,5H. The van der Waals surface area contributed by atoms with E-state index in [9.17, 15) is 4.79 Å². The van der Waals surface area contributed by atoms with E-state index >= 15 is 0 Å². The number of allylic oxidation sites excluding steroid dienone is 1. The zero-order chi connectivity index (χ0) is 5.98. The van der Waals surface area contributed by atoms with Crippen LogP contribution in [0.1, 0.15) is 0 Å². The van der Waals surface area contributed by atoms with Crippen molar-refractivity contribution in [3.05, 3.63) is 12.2 Å². The van der Waals surface area contributed by atoms with Crippen molar-refractivity contribution < 1.29 is 4.79 Å². The predicted molar refractivity (Wildman–Crippen MR) is 40.4 cm³/mol. The van der Waals surface area contributed by atoms with Gasteiger partial charge in [0.15, 0.2) is 9.83 Å². The zero-order valence-electron chi connectivity index (χ0n) is 4.04. The molecule has 1 unspecified atom stereocenters. The number of hydrogen-bond donors (Lipinski definition) is 0. The first-order chi connectivity index (χ1) is 3.80. The van der Waals surface area contributed by atoms with Crippen LogP contribution < -0.4 is 0 Å². The van der Waals surface area contributed by atoms with Gasteiger partial charge in [-0.1, -0.05) is 0 Å². The molecule has 0 saturated heterocycles. The highest BCUT2D eigenvalue weighted by atomic mass is 127. The van der Waals surface area contributed by atoms with Gasteiger partial charge in [-0.2, -0.15) is 0 Å². The molecule has 3 heteroatoms. The van der Waals surface area contributed by atoms with E-state index in [0.717, 1.165) is 0 Å². The van der Waals surface area contributed by atoms with E-state index in [1.54, 1.807) is 12.3 Å². The fourth-order valence-electron chi connectivity index (χ4n) is 0.416. The normalized spacial score (nSPS) is 26.6. The molecule has 0 spiro atoms. The molecule has 0 aromatic heterocycles. The molecular formula is C5H4INO. The van der Waals surface area contributed by atoms with Gasteiger partial charge >= 0.3 is 0 Å². The lowest BCUT2D eigenvalue weighted by Gasteiger charge is -1.99. The number of nitrogens with zero attached hydrogens (tertiary/aromatic N) is 1. The van der Waals surface area contributed by atoms with Gasteiger partial charge in [0.2, 0.25) is 0 Å². The number of dihydropyridines is 1. The molecular weight excluding hydrogens is 217 g/mol. The van der Waals surface area contributed by atoms with Crippen LogP contribution in [0.5, 0.6) is 0 Å². The summed E-state index contributed by atoms with van der Waals surface area (Å²) in [7, 11) is 0. The molecule has 0 saturated carbocycles. The highest BCUT2D eigenvalue weighted by molar-refractivity contribution is 14.1. The Morgan fingerprint density at radius 1 is 1.75 bits per heavy atom. The SMILES string of the molecule is O=C1C=CC=NC1I. The zero-order valence-corrected chi connectivity index (χ0v) is 6.20. The van der Waals surface area contributed by atoms with Crippen LogP contribution in [0.25, 0.3) is 0 Å². The first-order valence-electron chi connectivity index (χ1n) is 2.18. The monoisotopic (exact) mass is 221 g/mol. The predicted octanol–water partition coefficient (Wildman–Crippen LogP) is 0.957. The average Bonchev–Trinajstić information content (AvgIpc) is 1.77. The van der Waals surface area contributed by atoms with Crippen molar-refractivity contribution in [2.75, 3.05) is 0 Å². The van der Waals surface area contributed by atoms with E-state index in [1.165, 1.54) is 6.08 Å². The summed E-state index contributed by atoms with van der Waals surface area (Å²) >= 11 is 1.98. The Morgan fingerprint density at radius 3 is 2.88 bits per heavy atom. The Morgan fingerprint density at radius 2 is 2.50 bits per heavy atom. The van der Waals surface area contributed by atoms with Gasteiger partial charge < -0.3 is 0 Å². The summed E-state index contributed by atoms with van der Waals surface area (Å²) in [6.45, 7) is 0. The van der Waals surface area contributed by atoms with Gasteiger partial charge in [-0.3, -0.25) is 9.79 Å². The molecule has 0 aromatic rings. The summed E-state index contributed by atoms with van der Waals surface area (Å²) in [5, 5.41) is 0. The van der Waals surface area contributed by atoms with Crippen LogP contribution >= 0.6 is 22.6 Å². The second-order valence-corrected chi connectivity index (χ2v) is 2.58. The van der Waals surface area contributed by atoms with E-state index in [0.29, 0.717) is 0 Å². The van der Waals surface area contributed by atoms with Crippen LogP contribution in [0.4, 0.5) is 0 Å². The molecule has 0 aromatic carbocycles. The Hall–Kier alpha value is -0.190. The Bertz CT molecular complexity index is 162. The highest BCUT2D eigenvalue weighted by Gasteiger charge is 2.09. The second kappa shape index (κ2) is 2.39. The van der Waals surface area contributed by atoms with E-state index < -0.39 is 0 Å². The molecule has 0 N–H and O–H groups in total. The highest BCUT2D eigenvalue weighted by Crippen LogP contribution is 2.06. The largest absolute Gasteiger partial charge is 0.292 e. The van der Waals surface area contributed by atoms with Crippen molar-refractivity contribution in [1.82, 2.24) is 0 Å². The number of rotatable bonds is 0. The number of ketones is 1. The van der Waals surface area contributed by atoms with Crippen molar-refractivity contribution in [2.45, 2.75) is 4.05 Å². The van der Waals surface area contributed by atoms with Gasteiger partial charge in [0.1, 0.15) is 0 Å². The molecule has 1 rings (SSSR count). The summed E-state index contributed by atoms with van der Waals surface area (Å²) in [5.74, 6) is 0.0769. The van der Waals surface area contributed by atoms with Gasteiger partial charge in [-0.25, -0.2) is 0 Å². The van der Waals surface area contributed by atoms with Crippen molar-refractivity contribution in [3.63, 3.8) is 0 Å². The fraction of sp³-hybridized carbons (Fsp3) is 0.200. The van der Waals surface area contributed by atoms with Crippen LogP contribution in [-0.2, 0) is 4.79 Å². The first kappa shape index (κ1) is 5.94. The molecule has 2 nitrogen and oxygen atoms in total. The Balaban J connectivity index is 2.74. The minimum absolute atomic E-state index is 0.0769. The van der Waals surface area contributed by atoms with Gasteiger partial charge in [0, 0.05) is 6.21 Å². The van der Waals surface area contributed by atoms with Crippen LogP contribution in [0.2, 0.25) is 0 Å². The number of alkyl halides is 1. The summed E-state index contributed by atoms with van der Waals surface area (Å²) < 4.78 is -0.183. The molecule has 1 aliphatic rings. The summed E-state index contributed by atoms with van der Waals surface area (Å²) in [6.07, 6.45) is 4.82. The molecule has 1 heterocycles. The lowest BCUT2D eigenvalue weighted by atomic mass is 10.3. The van der Waals surface area contributed by atoms with Crippen LogP contribution in [0.3, 0.4) is 0 Å². The van der Waals surface area contributed by atoms with E-state index in [-0.39, 0.29) is 9.83 Å². The second-order valence-electron chi connectivity index (χ2n) is 1.40. The number of hydrogen-bond acceptors (Lipinski definition) is 2. The molecule has 8 heavy (non-hydrogen) atoms. The van der Waals surface area contributed by atoms with E-state index in [4.69, 9.17) is 0 Å². The summed E-state index contributed by atoms with van der Waals surface area (Å²) in [4.78, 5) is 14.4. The third kappa shape index (κ3) is 1.15. The number of halogens is 1. The number of carbonyl (C=O) groups excluding carboxylic acids is 1. The maximum absolute atomic E-state index is 10.6. The van der Waals surface area contributed by atoms with Crippen LogP contribution in [-0.4, -0.2) is 16.0 Å². The molecule has 0 bridgehead atoms. The third-order valence-corrected chi connectivity index (χ3v) is 1.73. The lowest BCUT2D eigenvalue weighted by molar-refractivity contribution is -0.113. The Labute approximate surface area is 60.8 Å². The molecule has 42 valence electrons. The minimum Gasteiger partial charge on any atom is -0.292 e. The fourth-order valence-corrected chi connectivity index (χ4v) is 0.809. The van der Waals surface area contributed by atoms with E-state index in [1.807, 2.05) is 22.6 Å². The quantitative estimate of drug-likeness (QED) is 0.340. The lowest BCUT2D eigenvalue weighted by Crippen LogP contribution is -2.10. The molecule has 1 atom stereocenters. The third-order valence-electron chi connectivity index (χ3n) is 0.798. The van der Waals surface area contributed by atoms with Crippen molar-refractivity contribution in [3.8, 4) is 0 Å². The molecule has 0 aliphatic carbocycles. The maximum atomic E-state index is 10.6. The van der Waals surface area contributed by atoms with Gasteiger partial charge in [0.05, 0.1) is 0 Å². The molecule has 0 amide bonds. The van der Waals surface area contributed by atoms with Gasteiger partial charge in [-0.15, -0.1) is 0 Å². The van der Waals surface area contributed by atoms with Crippen molar-refractivity contribution >= 4 is 34.6 Å². The smallest absolute Gasteiger partial charge is 0.190 e. The van der Waals surface area contributed by atoms with Crippen LogP contribution in [0.15, 0.2) is 17.1 Å². The van der Waals surface area contributed by atoms with Gasteiger partial charge in [-0.05, 0) is 34.7 Å². The molecule has 1 aliphatic heterocycles. The summed E-state index contributed by atoms with van der Waals surface area (Å²) in [6, 6.07) is 0. The molecule has 0 fully saturated rings. The minimum atomic E-state index is -0.183. The maximum Gasteiger partial charge on any atom is 0.190 e. The number of carbonyl (C=O) groups is 1. The summed E-state index contributed by atoms with van der Waals surface area (Å²) in [5.41, 5.74) is 0. The first-order valence-corrected chi connectivity index (χ1v) is 3.43.